The molecule has 0 saturated heterocycles. The molecule has 0 unspecified atom stereocenters. The zero-order valence-electron chi connectivity index (χ0n) is 17.1. The van der Waals surface area contributed by atoms with Gasteiger partial charge in [-0.1, -0.05) is 36.4 Å². The molecule has 0 bridgehead atoms. The normalized spacial score (nSPS) is 10.7. The van der Waals surface area contributed by atoms with Crippen molar-refractivity contribution in [2.45, 2.75) is 26.4 Å². The van der Waals surface area contributed by atoms with Crippen LogP contribution < -0.4 is 10.4 Å². The summed E-state index contributed by atoms with van der Waals surface area (Å²) >= 11 is 0. The molecule has 6 heteroatoms. The van der Waals surface area contributed by atoms with Crippen molar-refractivity contribution in [2.75, 3.05) is 0 Å². The molecule has 0 N–H and O–H groups in total. The highest BCUT2D eigenvalue weighted by Gasteiger charge is 2.13. The van der Waals surface area contributed by atoms with Crippen molar-refractivity contribution >= 4 is 17.0 Å². The Morgan fingerprint density at radius 3 is 2.06 bits per heavy atom. The average Bonchev–Trinajstić information content (AvgIpc) is 3.08. The van der Waals surface area contributed by atoms with E-state index in [2.05, 4.69) is 6.07 Å². The Morgan fingerprint density at radius 2 is 1.48 bits per heavy atom. The van der Waals surface area contributed by atoms with Gasteiger partial charge in [-0.3, -0.25) is 13.9 Å². The Kier molecular flexibility index (Phi) is 5.67. The molecule has 4 aromatic rings. The van der Waals surface area contributed by atoms with E-state index < -0.39 is 5.97 Å². The van der Waals surface area contributed by atoms with Crippen LogP contribution in [0.25, 0.3) is 22.2 Å². The molecule has 0 fully saturated rings. The molecular weight excluding hydrogens is 390 g/mol. The quantitative estimate of drug-likeness (QED) is 0.349. The Labute approximate surface area is 179 Å². The number of carbonyl (C=O) groups excluding carboxylic acids is 1. The van der Waals surface area contributed by atoms with Gasteiger partial charge in [0.15, 0.2) is 0 Å². The number of aryl methyl sites for hydroxylation is 2. The van der Waals surface area contributed by atoms with Crippen molar-refractivity contribution in [1.82, 2.24) is 9.13 Å². The lowest BCUT2D eigenvalue weighted by Crippen LogP contribution is -2.25. The molecule has 0 amide bonds. The number of ether oxygens (including phenoxy) is 1. The number of nitriles is 1. The second-order valence-electron chi connectivity index (χ2n) is 7.10. The first-order valence-electron chi connectivity index (χ1n) is 10.1. The van der Waals surface area contributed by atoms with E-state index >= 15 is 0 Å². The fourth-order valence-corrected chi connectivity index (χ4v) is 3.63. The molecule has 0 aliphatic carbocycles. The summed E-state index contributed by atoms with van der Waals surface area (Å²) in [5, 5.41) is 8.90. The number of hydrogen-bond donors (Lipinski definition) is 0. The van der Waals surface area contributed by atoms with Crippen molar-refractivity contribution in [3.63, 3.8) is 0 Å². The largest absolute Gasteiger partial charge is 0.426 e. The predicted octanol–water partition coefficient (Wildman–Crippen LogP) is 4.36. The maximum atomic E-state index is 12.7. The van der Waals surface area contributed by atoms with E-state index in [1.165, 1.54) is 0 Å². The van der Waals surface area contributed by atoms with Crippen LogP contribution in [0, 0.1) is 11.3 Å². The minimum absolute atomic E-state index is 0.0923. The lowest BCUT2D eigenvalue weighted by Gasteiger charge is -2.07. The van der Waals surface area contributed by atoms with Gasteiger partial charge in [0.1, 0.15) is 5.75 Å². The number of aromatic nitrogens is 2. The Hall–Kier alpha value is -4.11. The van der Waals surface area contributed by atoms with Crippen LogP contribution in [-0.2, 0) is 17.9 Å². The number of hydrogen-bond acceptors (Lipinski definition) is 4. The standard InChI is InChI=1S/C25H21N3O3/c1-2-27-22-5-3-4-6-23(22)28(25(27)30)16-15-24(29)31-21-13-11-20(12-14-21)19-9-7-18(17-26)8-10-19/h3-14H,2,15-16H2,1H3. The number of imidazole rings is 1. The van der Waals surface area contributed by atoms with E-state index in [0.29, 0.717) is 17.9 Å². The Bertz CT molecular complexity index is 1320. The molecule has 0 atom stereocenters. The van der Waals surface area contributed by atoms with Crippen LogP contribution in [0.2, 0.25) is 0 Å². The van der Waals surface area contributed by atoms with Gasteiger partial charge in [-0.25, -0.2) is 4.79 Å². The van der Waals surface area contributed by atoms with E-state index in [4.69, 9.17) is 10.00 Å². The van der Waals surface area contributed by atoms with Gasteiger partial charge in [-0.2, -0.15) is 5.26 Å². The molecule has 0 aliphatic rings. The van der Waals surface area contributed by atoms with Crippen molar-refractivity contribution in [1.29, 1.82) is 5.26 Å². The van der Waals surface area contributed by atoms with Crippen LogP contribution in [-0.4, -0.2) is 15.1 Å². The number of para-hydroxylation sites is 2. The maximum absolute atomic E-state index is 12.7. The summed E-state index contributed by atoms with van der Waals surface area (Å²) in [5.74, 6) is 0.0529. The number of rotatable bonds is 6. The van der Waals surface area contributed by atoms with Gasteiger partial charge in [0.25, 0.3) is 0 Å². The SMILES string of the molecule is CCn1c(=O)n(CCC(=O)Oc2ccc(-c3ccc(C#N)cc3)cc2)c2ccccc21. The van der Waals surface area contributed by atoms with Gasteiger partial charge in [0, 0.05) is 13.1 Å². The van der Waals surface area contributed by atoms with Gasteiger partial charge in [-0.15, -0.1) is 0 Å². The van der Waals surface area contributed by atoms with Crippen LogP contribution in [0.3, 0.4) is 0 Å². The minimum Gasteiger partial charge on any atom is -0.426 e. The van der Waals surface area contributed by atoms with E-state index in [1.54, 1.807) is 33.4 Å². The number of carbonyl (C=O) groups is 1. The second-order valence-corrected chi connectivity index (χ2v) is 7.10. The highest BCUT2D eigenvalue weighted by molar-refractivity contribution is 5.77. The molecule has 3 aromatic carbocycles. The van der Waals surface area contributed by atoms with Gasteiger partial charge in [-0.05, 0) is 54.4 Å². The van der Waals surface area contributed by atoms with Crippen LogP contribution >= 0.6 is 0 Å². The van der Waals surface area contributed by atoms with Crippen LogP contribution in [0.15, 0.2) is 77.6 Å². The summed E-state index contributed by atoms with van der Waals surface area (Å²) in [6, 6.07) is 24.2. The monoisotopic (exact) mass is 411 g/mol. The third kappa shape index (κ3) is 4.12. The highest BCUT2D eigenvalue weighted by Crippen LogP contribution is 2.23. The molecule has 154 valence electrons. The van der Waals surface area contributed by atoms with Gasteiger partial charge >= 0.3 is 11.7 Å². The van der Waals surface area contributed by atoms with Crippen molar-refractivity contribution in [3.05, 3.63) is 88.8 Å². The fraction of sp³-hybridized carbons (Fsp3) is 0.160. The number of esters is 1. The Balaban J connectivity index is 1.43. The first-order valence-corrected chi connectivity index (χ1v) is 10.1. The third-order valence-corrected chi connectivity index (χ3v) is 5.21. The fourth-order valence-electron chi connectivity index (χ4n) is 3.63. The van der Waals surface area contributed by atoms with E-state index in [0.717, 1.165) is 22.2 Å². The van der Waals surface area contributed by atoms with Crippen LogP contribution in [0.1, 0.15) is 18.9 Å². The molecule has 0 spiro atoms. The van der Waals surface area contributed by atoms with E-state index in [1.807, 2.05) is 55.5 Å². The van der Waals surface area contributed by atoms with Crippen LogP contribution in [0.5, 0.6) is 5.75 Å². The topological polar surface area (TPSA) is 77.0 Å². The molecule has 0 radical (unpaired) electrons. The van der Waals surface area contributed by atoms with E-state index in [-0.39, 0.29) is 18.7 Å². The summed E-state index contributed by atoms with van der Waals surface area (Å²) in [7, 11) is 0. The number of nitrogens with zero attached hydrogens (tertiary/aromatic N) is 3. The lowest BCUT2D eigenvalue weighted by molar-refractivity contribution is -0.134. The molecule has 6 nitrogen and oxygen atoms in total. The molecular formula is C25H21N3O3. The highest BCUT2D eigenvalue weighted by atomic mass is 16.5. The van der Waals surface area contributed by atoms with Gasteiger partial charge in [0.05, 0.1) is 29.1 Å². The number of benzene rings is 3. The summed E-state index contributed by atoms with van der Waals surface area (Å²) in [5.41, 5.74) is 4.10. The second kappa shape index (κ2) is 8.72. The summed E-state index contributed by atoms with van der Waals surface area (Å²) in [4.78, 5) is 25.0. The zero-order valence-corrected chi connectivity index (χ0v) is 17.1. The summed E-state index contributed by atoms with van der Waals surface area (Å²) in [6.45, 7) is 2.75. The molecule has 4 rings (SSSR count). The lowest BCUT2D eigenvalue weighted by atomic mass is 10.0. The zero-order chi connectivity index (χ0) is 21.8. The first kappa shape index (κ1) is 20.2. The molecule has 0 aliphatic heterocycles. The molecule has 1 heterocycles. The summed E-state index contributed by atoms with van der Waals surface area (Å²) < 4.78 is 8.76. The molecule has 1 aromatic heterocycles. The average molecular weight is 411 g/mol. The maximum Gasteiger partial charge on any atom is 0.329 e. The number of fused-ring (bicyclic) bond motifs is 1. The summed E-state index contributed by atoms with van der Waals surface area (Å²) in [6.07, 6.45) is 0.0923. The van der Waals surface area contributed by atoms with Gasteiger partial charge in [0.2, 0.25) is 0 Å². The van der Waals surface area contributed by atoms with E-state index in [9.17, 15) is 9.59 Å². The van der Waals surface area contributed by atoms with Crippen molar-refractivity contribution in [2.24, 2.45) is 0 Å². The predicted molar refractivity (Wildman–Crippen MR) is 119 cm³/mol. The van der Waals surface area contributed by atoms with Crippen LogP contribution in [0.4, 0.5) is 0 Å². The minimum atomic E-state index is -0.397. The van der Waals surface area contributed by atoms with Gasteiger partial charge < -0.3 is 4.74 Å². The van der Waals surface area contributed by atoms with Crippen molar-refractivity contribution < 1.29 is 9.53 Å². The smallest absolute Gasteiger partial charge is 0.329 e. The van der Waals surface area contributed by atoms with Crippen molar-refractivity contribution in [3.8, 4) is 22.9 Å². The molecule has 31 heavy (non-hydrogen) atoms. The third-order valence-electron chi connectivity index (χ3n) is 5.21. The Morgan fingerprint density at radius 1 is 0.903 bits per heavy atom. The first-order chi connectivity index (χ1) is 15.1. The molecule has 0 saturated carbocycles.